The van der Waals surface area contributed by atoms with Crippen LogP contribution in [0.4, 0.5) is 0 Å². The number of aromatic amines is 1. The van der Waals surface area contributed by atoms with Gasteiger partial charge in [-0.1, -0.05) is 19.1 Å². The van der Waals surface area contributed by atoms with Crippen LogP contribution in [0.3, 0.4) is 0 Å². The van der Waals surface area contributed by atoms with Crippen LogP contribution < -0.4 is 0 Å². The summed E-state index contributed by atoms with van der Waals surface area (Å²) in [7, 11) is 0. The minimum atomic E-state index is -0.00208. The molecule has 1 aliphatic rings. The Morgan fingerprint density at radius 2 is 2.04 bits per heavy atom. The summed E-state index contributed by atoms with van der Waals surface area (Å²) in [5.74, 6) is 2.72. The molecule has 0 saturated carbocycles. The van der Waals surface area contributed by atoms with Gasteiger partial charge in [0, 0.05) is 25.4 Å². The fourth-order valence-electron chi connectivity index (χ4n) is 3.36. The van der Waals surface area contributed by atoms with E-state index in [2.05, 4.69) is 4.98 Å². The number of nitrogens with zero attached hydrogens (tertiary/aromatic N) is 2. The Morgan fingerprint density at radius 1 is 1.25 bits per heavy atom. The molecule has 0 aliphatic carbocycles. The molecule has 4 rings (SSSR count). The fraction of sp³-hybridized carbons (Fsp3) is 0.368. The molecule has 0 bridgehead atoms. The van der Waals surface area contributed by atoms with Crippen molar-refractivity contribution in [1.29, 1.82) is 0 Å². The number of piperidine rings is 1. The summed E-state index contributed by atoms with van der Waals surface area (Å²) in [6, 6.07) is 11.8. The zero-order valence-corrected chi connectivity index (χ0v) is 13.8. The van der Waals surface area contributed by atoms with Gasteiger partial charge in [-0.3, -0.25) is 4.79 Å². The van der Waals surface area contributed by atoms with Crippen molar-refractivity contribution in [1.82, 2.24) is 14.9 Å². The van der Waals surface area contributed by atoms with E-state index in [9.17, 15) is 4.79 Å². The lowest BCUT2D eigenvalue weighted by molar-refractivity contribution is 0.0677. The molecule has 1 aromatic carbocycles. The number of hydrogen-bond donors (Lipinski definition) is 1. The van der Waals surface area contributed by atoms with E-state index in [0.29, 0.717) is 11.7 Å². The highest BCUT2D eigenvalue weighted by atomic mass is 16.4. The molecule has 124 valence electrons. The van der Waals surface area contributed by atoms with Crippen molar-refractivity contribution in [3.8, 4) is 0 Å². The van der Waals surface area contributed by atoms with Crippen LogP contribution in [0.2, 0.25) is 0 Å². The maximum absolute atomic E-state index is 12.5. The smallest absolute Gasteiger partial charge is 0.289 e. The number of carbonyl (C=O) groups excluding carboxylic acids is 1. The number of hydrogen-bond acceptors (Lipinski definition) is 3. The average Bonchev–Trinajstić information content (AvgIpc) is 3.28. The molecule has 0 atom stereocenters. The maximum Gasteiger partial charge on any atom is 0.289 e. The lowest BCUT2D eigenvalue weighted by Gasteiger charge is -2.30. The second kappa shape index (κ2) is 6.15. The summed E-state index contributed by atoms with van der Waals surface area (Å²) in [5, 5.41) is 0. The second-order valence-corrected chi connectivity index (χ2v) is 6.33. The quantitative estimate of drug-likeness (QED) is 0.798. The molecule has 5 heteroatoms. The Labute approximate surface area is 140 Å². The molecule has 1 fully saturated rings. The van der Waals surface area contributed by atoms with Gasteiger partial charge in [0.25, 0.3) is 5.91 Å². The summed E-state index contributed by atoms with van der Waals surface area (Å²) in [6.07, 6.45) is 2.65. The first kappa shape index (κ1) is 15.0. The van der Waals surface area contributed by atoms with Crippen LogP contribution in [0, 0.1) is 0 Å². The molecule has 0 radical (unpaired) electrons. The summed E-state index contributed by atoms with van der Waals surface area (Å²) in [5.41, 5.74) is 2.09. The molecular weight excluding hydrogens is 302 g/mol. The average molecular weight is 323 g/mol. The van der Waals surface area contributed by atoms with Crippen LogP contribution in [-0.2, 0) is 6.42 Å². The summed E-state index contributed by atoms with van der Waals surface area (Å²) >= 11 is 0. The number of imidazole rings is 1. The molecule has 3 heterocycles. The lowest BCUT2D eigenvalue weighted by Crippen LogP contribution is -2.37. The van der Waals surface area contributed by atoms with Gasteiger partial charge in [0.1, 0.15) is 11.6 Å². The van der Waals surface area contributed by atoms with E-state index >= 15 is 0 Å². The predicted octanol–water partition coefficient (Wildman–Crippen LogP) is 3.74. The number of benzene rings is 1. The Hall–Kier alpha value is -2.56. The molecule has 0 spiro atoms. The first-order valence-corrected chi connectivity index (χ1v) is 8.57. The number of aryl methyl sites for hydroxylation is 1. The van der Waals surface area contributed by atoms with Gasteiger partial charge in [0.2, 0.25) is 0 Å². The summed E-state index contributed by atoms with van der Waals surface area (Å²) in [4.78, 5) is 22.5. The number of fused-ring (bicyclic) bond motifs is 1. The van der Waals surface area contributed by atoms with Crippen molar-refractivity contribution < 1.29 is 9.21 Å². The third-order valence-electron chi connectivity index (χ3n) is 4.80. The molecule has 5 nitrogen and oxygen atoms in total. The Morgan fingerprint density at radius 3 is 2.75 bits per heavy atom. The van der Waals surface area contributed by atoms with Crippen LogP contribution in [0.5, 0.6) is 0 Å². The topological polar surface area (TPSA) is 62.1 Å². The molecule has 2 aromatic heterocycles. The summed E-state index contributed by atoms with van der Waals surface area (Å²) < 4.78 is 5.59. The Kier molecular flexibility index (Phi) is 3.84. The number of amides is 1. The summed E-state index contributed by atoms with van der Waals surface area (Å²) in [6.45, 7) is 3.50. The van der Waals surface area contributed by atoms with Gasteiger partial charge in [-0.2, -0.15) is 0 Å². The molecule has 1 saturated heterocycles. The molecular formula is C19H21N3O2. The first-order valence-electron chi connectivity index (χ1n) is 8.57. The number of furan rings is 1. The molecule has 3 aromatic rings. The van der Waals surface area contributed by atoms with Crippen LogP contribution in [0.25, 0.3) is 11.0 Å². The van der Waals surface area contributed by atoms with E-state index < -0.39 is 0 Å². The van der Waals surface area contributed by atoms with Gasteiger partial charge in [0.15, 0.2) is 5.76 Å². The fourth-order valence-corrected chi connectivity index (χ4v) is 3.36. The van der Waals surface area contributed by atoms with Crippen molar-refractivity contribution in [2.24, 2.45) is 0 Å². The van der Waals surface area contributed by atoms with E-state index in [1.807, 2.05) is 42.2 Å². The van der Waals surface area contributed by atoms with Gasteiger partial charge < -0.3 is 14.3 Å². The van der Waals surface area contributed by atoms with Gasteiger partial charge in [-0.15, -0.1) is 0 Å². The highest BCUT2D eigenvalue weighted by Gasteiger charge is 2.27. The van der Waals surface area contributed by atoms with Crippen LogP contribution >= 0.6 is 0 Å². The number of para-hydroxylation sites is 2. The van der Waals surface area contributed by atoms with Gasteiger partial charge in [-0.05, 0) is 37.1 Å². The molecule has 1 amide bonds. The monoisotopic (exact) mass is 323 g/mol. The van der Waals surface area contributed by atoms with Crippen molar-refractivity contribution in [3.05, 3.63) is 53.7 Å². The van der Waals surface area contributed by atoms with Crippen molar-refractivity contribution in [2.75, 3.05) is 13.1 Å². The minimum Gasteiger partial charge on any atom is -0.456 e. The third-order valence-corrected chi connectivity index (χ3v) is 4.80. The van der Waals surface area contributed by atoms with E-state index in [4.69, 9.17) is 9.40 Å². The van der Waals surface area contributed by atoms with Crippen molar-refractivity contribution in [3.63, 3.8) is 0 Å². The number of nitrogens with one attached hydrogen (secondary N) is 1. The number of aromatic nitrogens is 2. The molecule has 0 unspecified atom stereocenters. The lowest BCUT2D eigenvalue weighted by atomic mass is 9.96. The standard InChI is InChI=1S/C19H21N3O2/c1-2-14-7-8-17(24-14)19(23)22-11-9-13(10-12-22)18-20-15-5-3-4-6-16(15)21-18/h3-8,13H,2,9-12H2,1H3,(H,20,21). The van der Waals surface area contributed by atoms with Gasteiger partial charge >= 0.3 is 0 Å². The highest BCUT2D eigenvalue weighted by Crippen LogP contribution is 2.28. The number of carbonyl (C=O) groups is 1. The first-order chi connectivity index (χ1) is 11.7. The van der Waals surface area contributed by atoms with Crippen molar-refractivity contribution in [2.45, 2.75) is 32.1 Å². The van der Waals surface area contributed by atoms with E-state index in [-0.39, 0.29) is 5.91 Å². The normalized spacial score (nSPS) is 16.0. The Bertz CT molecular complexity index is 823. The largest absolute Gasteiger partial charge is 0.456 e. The maximum atomic E-state index is 12.5. The number of rotatable bonds is 3. The van der Waals surface area contributed by atoms with E-state index in [1.165, 1.54) is 0 Å². The second-order valence-electron chi connectivity index (χ2n) is 6.33. The zero-order valence-electron chi connectivity index (χ0n) is 13.8. The van der Waals surface area contributed by atoms with Gasteiger partial charge in [-0.25, -0.2) is 4.98 Å². The van der Waals surface area contributed by atoms with Crippen molar-refractivity contribution >= 4 is 16.9 Å². The van der Waals surface area contributed by atoms with E-state index in [1.54, 1.807) is 6.07 Å². The third kappa shape index (κ3) is 2.70. The predicted molar refractivity (Wildman–Crippen MR) is 92.1 cm³/mol. The molecule has 1 aliphatic heterocycles. The highest BCUT2D eigenvalue weighted by molar-refractivity contribution is 5.91. The van der Waals surface area contributed by atoms with Gasteiger partial charge in [0.05, 0.1) is 11.0 Å². The molecule has 24 heavy (non-hydrogen) atoms. The van der Waals surface area contributed by atoms with E-state index in [0.717, 1.165) is 55.0 Å². The SMILES string of the molecule is CCc1ccc(C(=O)N2CCC(c3nc4ccccc4[nH]3)CC2)o1. The zero-order chi connectivity index (χ0) is 16.5. The molecule has 1 N–H and O–H groups in total. The van der Waals surface area contributed by atoms with Crippen LogP contribution in [0.15, 0.2) is 40.8 Å². The van der Waals surface area contributed by atoms with Crippen LogP contribution in [-0.4, -0.2) is 33.9 Å². The van der Waals surface area contributed by atoms with Crippen LogP contribution in [0.1, 0.15) is 47.8 Å². The number of likely N-dealkylation sites (tertiary alicyclic amines) is 1. The Balaban J connectivity index is 1.43. The minimum absolute atomic E-state index is 0.00208. The number of H-pyrrole nitrogens is 1.